The zero-order chi connectivity index (χ0) is 13.8. The van der Waals surface area contributed by atoms with Crippen LogP contribution in [-0.2, 0) is 0 Å². The number of carbonyl (C=O) groups excluding carboxylic acids is 1. The Hall–Kier alpha value is -2.02. The van der Waals surface area contributed by atoms with Crippen molar-refractivity contribution in [2.75, 3.05) is 7.11 Å². The molecule has 0 unspecified atom stereocenters. The molecule has 1 spiro atoms. The summed E-state index contributed by atoms with van der Waals surface area (Å²) in [4.78, 5) is 12.7. The van der Waals surface area contributed by atoms with Crippen molar-refractivity contribution < 1.29 is 14.3 Å². The molecule has 1 aliphatic heterocycles. The van der Waals surface area contributed by atoms with E-state index in [4.69, 9.17) is 14.7 Å². The lowest BCUT2D eigenvalue weighted by atomic mass is 9.76. The first kappa shape index (κ1) is 12.0. The molecule has 0 bridgehead atoms. The van der Waals surface area contributed by atoms with Crippen molar-refractivity contribution in [2.24, 2.45) is 11.3 Å². The van der Waals surface area contributed by atoms with E-state index in [9.17, 15) is 4.79 Å². The molecule has 19 heavy (non-hydrogen) atoms. The summed E-state index contributed by atoms with van der Waals surface area (Å²) in [6, 6.07) is 7.41. The number of Topliss-reactive ketones (excluding diaryl/α,β-unsaturated/α-hetero) is 1. The van der Waals surface area contributed by atoms with Crippen molar-refractivity contribution in [1.29, 1.82) is 5.26 Å². The molecule has 1 fully saturated rings. The van der Waals surface area contributed by atoms with Gasteiger partial charge in [0.05, 0.1) is 30.1 Å². The van der Waals surface area contributed by atoms with E-state index in [1.54, 1.807) is 25.3 Å². The number of hydrogen-bond donors (Lipinski definition) is 0. The Balaban J connectivity index is 2.12. The van der Waals surface area contributed by atoms with E-state index in [-0.39, 0.29) is 11.7 Å². The number of ketones is 1. The highest BCUT2D eigenvalue weighted by Crippen LogP contribution is 2.64. The van der Waals surface area contributed by atoms with Crippen LogP contribution in [0.5, 0.6) is 11.5 Å². The predicted molar refractivity (Wildman–Crippen MR) is 68.2 cm³/mol. The van der Waals surface area contributed by atoms with Crippen molar-refractivity contribution >= 4 is 5.78 Å². The van der Waals surface area contributed by atoms with Crippen molar-refractivity contribution in [3.05, 3.63) is 23.8 Å². The average molecular weight is 257 g/mol. The van der Waals surface area contributed by atoms with Gasteiger partial charge in [-0.25, -0.2) is 0 Å². The summed E-state index contributed by atoms with van der Waals surface area (Å²) in [6.07, 6.45) is 0.584. The van der Waals surface area contributed by atoms with Gasteiger partial charge in [0.1, 0.15) is 17.1 Å². The molecule has 0 radical (unpaired) electrons. The highest BCUT2D eigenvalue weighted by molar-refractivity contribution is 6.07. The second kappa shape index (κ2) is 3.51. The average Bonchev–Trinajstić information content (AvgIpc) is 3.12. The number of ether oxygens (including phenoxy) is 2. The zero-order valence-corrected chi connectivity index (χ0v) is 11.2. The van der Waals surface area contributed by atoms with Crippen molar-refractivity contribution in [1.82, 2.24) is 0 Å². The molecule has 2 atom stereocenters. The molecule has 1 heterocycles. The normalized spacial score (nSPS) is 30.2. The van der Waals surface area contributed by atoms with Gasteiger partial charge >= 0.3 is 0 Å². The van der Waals surface area contributed by atoms with Crippen LogP contribution in [0.1, 0.15) is 30.6 Å². The highest BCUT2D eigenvalue weighted by Gasteiger charge is 2.71. The third kappa shape index (κ3) is 1.36. The van der Waals surface area contributed by atoms with Gasteiger partial charge in [0.25, 0.3) is 0 Å². The third-order valence-electron chi connectivity index (χ3n) is 4.39. The molecular weight excluding hydrogens is 242 g/mol. The first-order valence-corrected chi connectivity index (χ1v) is 6.28. The molecule has 1 saturated carbocycles. The molecule has 98 valence electrons. The van der Waals surface area contributed by atoms with Gasteiger partial charge in [0.15, 0.2) is 5.78 Å². The van der Waals surface area contributed by atoms with Crippen LogP contribution in [0.15, 0.2) is 18.2 Å². The Kier molecular flexibility index (Phi) is 2.22. The van der Waals surface area contributed by atoms with Crippen molar-refractivity contribution in [3.8, 4) is 17.6 Å². The summed E-state index contributed by atoms with van der Waals surface area (Å²) in [5.41, 5.74) is -0.787. The highest BCUT2D eigenvalue weighted by atomic mass is 16.5. The number of fused-ring (bicyclic) bond motifs is 1. The van der Waals surface area contributed by atoms with Crippen LogP contribution in [0.25, 0.3) is 0 Å². The SMILES string of the molecule is COc1ccc2c(c1)OC(C)(C)[C@@]1(C[C@H]1C#N)C2=O. The number of benzene rings is 1. The van der Waals surface area contributed by atoms with Crippen LogP contribution in [0.2, 0.25) is 0 Å². The first-order chi connectivity index (χ1) is 8.96. The molecule has 1 aromatic carbocycles. The number of nitriles is 1. The maximum atomic E-state index is 12.7. The van der Waals surface area contributed by atoms with E-state index in [0.29, 0.717) is 23.5 Å². The Morgan fingerprint density at radius 3 is 2.79 bits per heavy atom. The van der Waals surface area contributed by atoms with Crippen LogP contribution in [0.3, 0.4) is 0 Å². The number of hydrogen-bond acceptors (Lipinski definition) is 4. The second-order valence-corrected chi connectivity index (χ2v) is 5.66. The van der Waals surface area contributed by atoms with Crippen LogP contribution in [-0.4, -0.2) is 18.5 Å². The Morgan fingerprint density at radius 2 is 2.21 bits per heavy atom. The molecule has 0 saturated heterocycles. The number of methoxy groups -OCH3 is 1. The van der Waals surface area contributed by atoms with Gasteiger partial charge in [0.2, 0.25) is 0 Å². The monoisotopic (exact) mass is 257 g/mol. The minimum Gasteiger partial charge on any atom is -0.497 e. The molecule has 0 N–H and O–H groups in total. The maximum Gasteiger partial charge on any atom is 0.178 e. The smallest absolute Gasteiger partial charge is 0.178 e. The molecule has 0 amide bonds. The van der Waals surface area contributed by atoms with E-state index in [2.05, 4.69) is 6.07 Å². The summed E-state index contributed by atoms with van der Waals surface area (Å²) in [6.45, 7) is 3.76. The number of nitrogens with zero attached hydrogens (tertiary/aromatic N) is 1. The molecule has 0 aromatic heterocycles. The molecular formula is C15H15NO3. The van der Waals surface area contributed by atoms with Gasteiger partial charge in [0, 0.05) is 6.07 Å². The Bertz CT molecular complexity index is 614. The van der Waals surface area contributed by atoms with Gasteiger partial charge in [-0.1, -0.05) is 0 Å². The lowest BCUT2D eigenvalue weighted by molar-refractivity contribution is 0.0120. The fourth-order valence-corrected chi connectivity index (χ4v) is 3.12. The van der Waals surface area contributed by atoms with E-state index in [0.717, 1.165) is 0 Å². The van der Waals surface area contributed by atoms with E-state index in [1.807, 2.05) is 13.8 Å². The molecule has 1 aliphatic carbocycles. The van der Waals surface area contributed by atoms with Crippen LogP contribution in [0, 0.1) is 22.7 Å². The molecule has 4 heteroatoms. The fraction of sp³-hybridized carbons (Fsp3) is 0.467. The van der Waals surface area contributed by atoms with Crippen molar-refractivity contribution in [3.63, 3.8) is 0 Å². The minimum atomic E-state index is -0.677. The number of carbonyl (C=O) groups is 1. The largest absolute Gasteiger partial charge is 0.497 e. The van der Waals surface area contributed by atoms with Crippen LogP contribution < -0.4 is 9.47 Å². The van der Waals surface area contributed by atoms with E-state index >= 15 is 0 Å². The first-order valence-electron chi connectivity index (χ1n) is 6.28. The standard InChI is InChI=1S/C15H15NO3/c1-14(2)15(7-9(15)8-16)13(17)11-5-4-10(18-3)6-12(11)19-14/h4-6,9H,7H2,1-3H3/t9-,15+/m0/s1. The van der Waals surface area contributed by atoms with Gasteiger partial charge in [-0.2, -0.15) is 5.26 Å². The number of rotatable bonds is 1. The van der Waals surface area contributed by atoms with E-state index < -0.39 is 11.0 Å². The molecule has 4 nitrogen and oxygen atoms in total. The maximum absolute atomic E-state index is 12.7. The third-order valence-corrected chi connectivity index (χ3v) is 4.39. The van der Waals surface area contributed by atoms with Crippen LogP contribution >= 0.6 is 0 Å². The zero-order valence-electron chi connectivity index (χ0n) is 11.2. The topological polar surface area (TPSA) is 59.3 Å². The summed E-state index contributed by atoms with van der Waals surface area (Å²) >= 11 is 0. The van der Waals surface area contributed by atoms with Gasteiger partial charge in [-0.05, 0) is 32.4 Å². The van der Waals surface area contributed by atoms with Gasteiger partial charge in [-0.15, -0.1) is 0 Å². The molecule has 2 aliphatic rings. The summed E-state index contributed by atoms with van der Waals surface area (Å²) in [7, 11) is 1.58. The summed E-state index contributed by atoms with van der Waals surface area (Å²) in [5.74, 6) is 0.979. The lowest BCUT2D eigenvalue weighted by Crippen LogP contribution is -2.49. The van der Waals surface area contributed by atoms with Gasteiger partial charge < -0.3 is 9.47 Å². The van der Waals surface area contributed by atoms with Gasteiger partial charge in [-0.3, -0.25) is 4.79 Å². The fourth-order valence-electron chi connectivity index (χ4n) is 3.12. The Labute approximate surface area is 111 Å². The summed E-state index contributed by atoms with van der Waals surface area (Å²) in [5, 5.41) is 9.13. The molecule has 1 aromatic rings. The van der Waals surface area contributed by atoms with Crippen LogP contribution in [0.4, 0.5) is 0 Å². The second-order valence-electron chi connectivity index (χ2n) is 5.66. The van der Waals surface area contributed by atoms with Crippen molar-refractivity contribution in [2.45, 2.75) is 25.9 Å². The molecule has 3 rings (SSSR count). The predicted octanol–water partition coefficient (Wildman–Crippen LogP) is 2.58. The Morgan fingerprint density at radius 1 is 1.47 bits per heavy atom. The lowest BCUT2D eigenvalue weighted by Gasteiger charge is -2.39. The quantitative estimate of drug-likeness (QED) is 0.775. The minimum absolute atomic E-state index is 0.0213. The summed E-state index contributed by atoms with van der Waals surface area (Å²) < 4.78 is 11.1. The van der Waals surface area contributed by atoms with E-state index in [1.165, 1.54) is 0 Å².